The molecule has 0 atom stereocenters. The van der Waals surface area contributed by atoms with E-state index in [4.69, 9.17) is 13.9 Å². The van der Waals surface area contributed by atoms with Gasteiger partial charge in [-0.1, -0.05) is 6.92 Å². The van der Waals surface area contributed by atoms with Gasteiger partial charge in [-0.15, -0.1) is 0 Å². The molecule has 1 heterocycles. The SMILES string of the molecule is CCc1oc(-c2ccc(OC(F)F)c(OCC3CC3)c2)nc1OC(C)=O. The van der Waals surface area contributed by atoms with E-state index in [1.807, 2.05) is 6.92 Å². The quantitative estimate of drug-likeness (QED) is 0.651. The van der Waals surface area contributed by atoms with Gasteiger partial charge in [0, 0.05) is 18.9 Å². The van der Waals surface area contributed by atoms with Crippen LogP contribution in [0, 0.1) is 5.92 Å². The summed E-state index contributed by atoms with van der Waals surface area (Å²) in [4.78, 5) is 15.3. The average Bonchev–Trinajstić information content (AvgIpc) is 3.32. The molecular weight excluding hydrogens is 348 g/mol. The molecule has 26 heavy (non-hydrogen) atoms. The van der Waals surface area contributed by atoms with Crippen molar-refractivity contribution in [1.82, 2.24) is 4.98 Å². The molecule has 1 aromatic carbocycles. The summed E-state index contributed by atoms with van der Waals surface area (Å²) < 4.78 is 46.0. The van der Waals surface area contributed by atoms with E-state index in [0.717, 1.165) is 12.8 Å². The molecule has 1 aliphatic rings. The molecule has 1 saturated carbocycles. The monoisotopic (exact) mass is 367 g/mol. The Labute approximate surface area is 149 Å². The van der Waals surface area contributed by atoms with Crippen molar-refractivity contribution in [2.75, 3.05) is 6.61 Å². The van der Waals surface area contributed by atoms with Crippen LogP contribution in [0.5, 0.6) is 17.4 Å². The molecule has 0 radical (unpaired) electrons. The first kappa shape index (κ1) is 18.2. The van der Waals surface area contributed by atoms with Crippen LogP contribution in [-0.2, 0) is 11.2 Å². The predicted octanol–water partition coefficient (Wildman–Crippen LogP) is 4.22. The molecule has 0 aliphatic heterocycles. The molecule has 2 aromatic rings. The van der Waals surface area contributed by atoms with Crippen molar-refractivity contribution in [1.29, 1.82) is 0 Å². The van der Waals surface area contributed by atoms with Crippen molar-refractivity contribution in [3.8, 4) is 28.8 Å². The number of aryl methyl sites for hydroxylation is 1. The number of oxazole rings is 1. The summed E-state index contributed by atoms with van der Waals surface area (Å²) in [7, 11) is 0. The van der Waals surface area contributed by atoms with Gasteiger partial charge >= 0.3 is 12.6 Å². The highest BCUT2D eigenvalue weighted by Crippen LogP contribution is 2.37. The zero-order valence-electron chi connectivity index (χ0n) is 14.5. The Hall–Kier alpha value is -2.64. The third-order valence-corrected chi connectivity index (χ3v) is 3.80. The average molecular weight is 367 g/mol. The lowest BCUT2D eigenvalue weighted by Crippen LogP contribution is -2.06. The molecule has 0 bridgehead atoms. The van der Waals surface area contributed by atoms with Gasteiger partial charge < -0.3 is 18.6 Å². The van der Waals surface area contributed by atoms with Crippen LogP contribution >= 0.6 is 0 Å². The fourth-order valence-electron chi connectivity index (χ4n) is 2.34. The Bertz CT molecular complexity index is 786. The first-order chi connectivity index (χ1) is 12.5. The van der Waals surface area contributed by atoms with Crippen LogP contribution in [0.2, 0.25) is 0 Å². The van der Waals surface area contributed by atoms with Crippen LogP contribution in [0.15, 0.2) is 22.6 Å². The highest BCUT2D eigenvalue weighted by molar-refractivity contribution is 5.69. The molecule has 8 heteroatoms. The Balaban J connectivity index is 1.89. The summed E-state index contributed by atoms with van der Waals surface area (Å²) in [5.41, 5.74) is 0.505. The van der Waals surface area contributed by atoms with Gasteiger partial charge in [0.2, 0.25) is 5.89 Å². The maximum Gasteiger partial charge on any atom is 0.387 e. The Morgan fingerprint density at radius 3 is 2.73 bits per heavy atom. The van der Waals surface area contributed by atoms with E-state index in [1.165, 1.54) is 25.1 Å². The minimum absolute atomic E-state index is 0.0492. The number of carbonyl (C=O) groups excluding carboxylic acids is 1. The van der Waals surface area contributed by atoms with Crippen LogP contribution in [0.25, 0.3) is 11.5 Å². The predicted molar refractivity (Wildman–Crippen MR) is 87.5 cm³/mol. The fraction of sp³-hybridized carbons (Fsp3) is 0.444. The van der Waals surface area contributed by atoms with Crippen LogP contribution in [0.1, 0.15) is 32.4 Å². The van der Waals surface area contributed by atoms with Gasteiger partial charge in [-0.3, -0.25) is 4.79 Å². The van der Waals surface area contributed by atoms with Gasteiger partial charge in [-0.25, -0.2) is 0 Å². The summed E-state index contributed by atoms with van der Waals surface area (Å²) in [6, 6.07) is 4.44. The lowest BCUT2D eigenvalue weighted by molar-refractivity contribution is -0.132. The maximum absolute atomic E-state index is 12.6. The second kappa shape index (κ2) is 7.72. The number of rotatable bonds is 8. The van der Waals surface area contributed by atoms with Crippen molar-refractivity contribution in [3.05, 3.63) is 24.0 Å². The first-order valence-electron chi connectivity index (χ1n) is 8.36. The second-order valence-corrected chi connectivity index (χ2v) is 5.99. The van der Waals surface area contributed by atoms with E-state index in [9.17, 15) is 13.6 Å². The molecule has 3 rings (SSSR count). The second-order valence-electron chi connectivity index (χ2n) is 5.99. The van der Waals surface area contributed by atoms with Crippen LogP contribution < -0.4 is 14.2 Å². The Morgan fingerprint density at radius 1 is 1.35 bits per heavy atom. The number of ether oxygens (including phenoxy) is 3. The molecule has 1 aliphatic carbocycles. The number of hydrogen-bond donors (Lipinski definition) is 0. The summed E-state index contributed by atoms with van der Waals surface area (Å²) in [5.74, 6) is 0.812. The Kier molecular flexibility index (Phi) is 5.39. The number of carbonyl (C=O) groups is 1. The number of alkyl halides is 2. The molecule has 0 unspecified atom stereocenters. The molecule has 1 fully saturated rings. The summed E-state index contributed by atoms with van der Waals surface area (Å²) in [5, 5.41) is 0. The molecule has 140 valence electrons. The zero-order chi connectivity index (χ0) is 18.7. The topological polar surface area (TPSA) is 70.8 Å². The van der Waals surface area contributed by atoms with Gasteiger partial charge in [-0.2, -0.15) is 13.8 Å². The van der Waals surface area contributed by atoms with Crippen molar-refractivity contribution in [3.63, 3.8) is 0 Å². The largest absolute Gasteiger partial charge is 0.489 e. The number of hydrogen-bond acceptors (Lipinski definition) is 6. The minimum Gasteiger partial charge on any atom is -0.489 e. The summed E-state index contributed by atoms with van der Waals surface area (Å²) in [6.07, 6.45) is 2.61. The molecule has 0 saturated heterocycles. The summed E-state index contributed by atoms with van der Waals surface area (Å²) >= 11 is 0. The van der Waals surface area contributed by atoms with Crippen molar-refractivity contribution in [2.24, 2.45) is 5.92 Å². The van der Waals surface area contributed by atoms with Gasteiger partial charge in [-0.05, 0) is 37.0 Å². The maximum atomic E-state index is 12.6. The smallest absolute Gasteiger partial charge is 0.387 e. The highest BCUT2D eigenvalue weighted by Gasteiger charge is 2.24. The lowest BCUT2D eigenvalue weighted by Gasteiger charge is -2.12. The number of halogens is 2. The van der Waals surface area contributed by atoms with E-state index in [0.29, 0.717) is 30.3 Å². The van der Waals surface area contributed by atoms with E-state index in [2.05, 4.69) is 9.72 Å². The van der Waals surface area contributed by atoms with Crippen LogP contribution in [-0.4, -0.2) is 24.2 Å². The van der Waals surface area contributed by atoms with Crippen molar-refractivity contribution < 1.29 is 32.2 Å². The van der Waals surface area contributed by atoms with E-state index in [-0.39, 0.29) is 23.3 Å². The Morgan fingerprint density at radius 2 is 2.12 bits per heavy atom. The van der Waals surface area contributed by atoms with Gasteiger partial charge in [0.05, 0.1) is 6.61 Å². The fourth-order valence-corrected chi connectivity index (χ4v) is 2.34. The normalized spacial score (nSPS) is 13.7. The summed E-state index contributed by atoms with van der Waals surface area (Å²) in [6.45, 7) is 0.594. The molecule has 0 N–H and O–H groups in total. The number of aromatic nitrogens is 1. The molecule has 0 amide bonds. The van der Waals surface area contributed by atoms with Gasteiger partial charge in [0.15, 0.2) is 17.3 Å². The zero-order valence-corrected chi connectivity index (χ0v) is 14.5. The minimum atomic E-state index is -2.95. The molecule has 1 aromatic heterocycles. The number of esters is 1. The third-order valence-electron chi connectivity index (χ3n) is 3.80. The van der Waals surface area contributed by atoms with E-state index >= 15 is 0 Å². The van der Waals surface area contributed by atoms with E-state index < -0.39 is 12.6 Å². The van der Waals surface area contributed by atoms with E-state index in [1.54, 1.807) is 0 Å². The first-order valence-corrected chi connectivity index (χ1v) is 8.36. The highest BCUT2D eigenvalue weighted by atomic mass is 19.3. The standard InChI is InChI=1S/C18H19F2NO5/c1-3-13-17(24-10(2)22)21-16(25-13)12-6-7-14(26-18(19)20)15(8-12)23-9-11-4-5-11/h6-8,11,18H,3-5,9H2,1-2H3. The van der Waals surface area contributed by atoms with Gasteiger partial charge in [0.25, 0.3) is 5.88 Å². The van der Waals surface area contributed by atoms with Gasteiger partial charge in [0.1, 0.15) is 0 Å². The molecule has 6 nitrogen and oxygen atoms in total. The lowest BCUT2D eigenvalue weighted by atomic mass is 10.2. The number of nitrogens with zero attached hydrogens (tertiary/aromatic N) is 1. The van der Waals surface area contributed by atoms with Crippen LogP contribution in [0.3, 0.4) is 0 Å². The molecular formula is C18H19F2NO5. The molecule has 0 spiro atoms. The van der Waals surface area contributed by atoms with Crippen molar-refractivity contribution in [2.45, 2.75) is 39.7 Å². The van der Waals surface area contributed by atoms with Crippen LogP contribution in [0.4, 0.5) is 8.78 Å². The number of benzene rings is 1. The third kappa shape index (κ3) is 4.50. The van der Waals surface area contributed by atoms with Crippen molar-refractivity contribution >= 4 is 5.97 Å².